The van der Waals surface area contributed by atoms with Gasteiger partial charge in [0.25, 0.3) is 0 Å². The lowest BCUT2D eigenvalue weighted by molar-refractivity contribution is -0.163. The molecule has 0 saturated carbocycles. The fraction of sp³-hybridized carbons (Fsp3) is 0.250. The standard InChI is InChI=1S/C24H22F5N7OS/c1-31-9-13(8-30)35-23-18-15(10-32-22(18)33-11-34-23)21(37)19-16(25)6-7-17(20(19)26)36-38-14-4-2-12(3-5-14)24(27,28)29/h2,4,6-12,14,36H,3,5,30H2,1H3,(H2,32,33,34,35). The van der Waals surface area contributed by atoms with Crippen molar-refractivity contribution >= 4 is 46.5 Å². The summed E-state index contributed by atoms with van der Waals surface area (Å²) in [5.74, 6) is -4.56. The SMILES string of the molecule is CN=CC(=CN)Nc1ncnc2[nH]cc(C(=O)c3c(F)ccc(NSC4C=CC(C(F)(F)F)CC4)c3F)c12. The van der Waals surface area contributed by atoms with E-state index in [1.807, 2.05) is 0 Å². The van der Waals surface area contributed by atoms with Crippen molar-refractivity contribution in [2.45, 2.75) is 24.3 Å². The molecule has 5 N–H and O–H groups in total. The molecule has 0 amide bonds. The first-order valence-electron chi connectivity index (χ1n) is 11.3. The second kappa shape index (κ2) is 11.2. The van der Waals surface area contributed by atoms with Gasteiger partial charge < -0.3 is 20.8 Å². The normalized spacial score (nSPS) is 18.3. The summed E-state index contributed by atoms with van der Waals surface area (Å²) in [5, 5.41) is 2.71. The van der Waals surface area contributed by atoms with Crippen LogP contribution in [0.15, 0.2) is 53.7 Å². The molecule has 3 aromatic rings. The van der Waals surface area contributed by atoms with Gasteiger partial charge in [-0.3, -0.25) is 9.79 Å². The van der Waals surface area contributed by atoms with Crippen LogP contribution in [0.25, 0.3) is 11.0 Å². The van der Waals surface area contributed by atoms with E-state index in [1.165, 1.54) is 38.1 Å². The molecule has 0 bridgehead atoms. The minimum Gasteiger partial charge on any atom is -0.403 e. The van der Waals surface area contributed by atoms with E-state index < -0.39 is 35.1 Å². The minimum absolute atomic E-state index is 0.0936. The Kier molecular flexibility index (Phi) is 7.99. The Bertz CT molecular complexity index is 1430. The molecule has 200 valence electrons. The van der Waals surface area contributed by atoms with Crippen molar-refractivity contribution in [2.75, 3.05) is 17.1 Å². The molecule has 0 spiro atoms. The van der Waals surface area contributed by atoms with Crippen LogP contribution < -0.4 is 15.8 Å². The number of allylic oxidation sites excluding steroid dienone is 2. The maximum absolute atomic E-state index is 15.4. The molecule has 0 aliphatic heterocycles. The number of carbonyl (C=O) groups excluding carboxylic acids is 1. The van der Waals surface area contributed by atoms with Gasteiger partial charge in [-0.2, -0.15) is 13.2 Å². The smallest absolute Gasteiger partial charge is 0.395 e. The molecule has 2 atom stereocenters. The molecule has 0 saturated heterocycles. The van der Waals surface area contributed by atoms with Gasteiger partial charge in [-0.15, -0.1) is 0 Å². The van der Waals surface area contributed by atoms with E-state index in [-0.39, 0.29) is 46.2 Å². The highest BCUT2D eigenvalue weighted by Crippen LogP contribution is 2.37. The van der Waals surface area contributed by atoms with Crippen LogP contribution in [0.2, 0.25) is 0 Å². The first kappa shape index (κ1) is 27.1. The number of hydrogen-bond acceptors (Lipinski definition) is 8. The number of H-pyrrole nitrogens is 1. The van der Waals surface area contributed by atoms with Crippen LogP contribution >= 0.6 is 11.9 Å². The number of nitrogens with two attached hydrogens (primary N) is 1. The number of fused-ring (bicyclic) bond motifs is 1. The summed E-state index contributed by atoms with van der Waals surface area (Å²) in [6, 6.07) is 2.06. The summed E-state index contributed by atoms with van der Waals surface area (Å²) in [6.45, 7) is 0. The Balaban J connectivity index is 1.61. The maximum Gasteiger partial charge on any atom is 0.395 e. The highest BCUT2D eigenvalue weighted by molar-refractivity contribution is 8.01. The van der Waals surface area contributed by atoms with Gasteiger partial charge in [0.2, 0.25) is 5.78 Å². The number of rotatable bonds is 8. The van der Waals surface area contributed by atoms with Crippen molar-refractivity contribution in [2.24, 2.45) is 16.6 Å². The average molecular weight is 552 g/mol. The Morgan fingerprint density at radius 2 is 2.03 bits per heavy atom. The zero-order valence-electron chi connectivity index (χ0n) is 19.8. The lowest BCUT2D eigenvalue weighted by Gasteiger charge is -2.24. The zero-order chi connectivity index (χ0) is 27.4. The third-order valence-corrected chi connectivity index (χ3v) is 6.84. The van der Waals surface area contributed by atoms with Gasteiger partial charge in [0, 0.05) is 30.9 Å². The molecule has 1 aromatic carbocycles. The molecule has 2 heterocycles. The van der Waals surface area contributed by atoms with E-state index >= 15 is 4.39 Å². The quantitative estimate of drug-likeness (QED) is 0.0981. The van der Waals surface area contributed by atoms with Crippen LogP contribution in [0.3, 0.4) is 0 Å². The number of nitrogens with zero attached hydrogens (tertiary/aromatic N) is 3. The van der Waals surface area contributed by atoms with E-state index in [0.717, 1.165) is 30.2 Å². The lowest BCUT2D eigenvalue weighted by atomic mass is 9.95. The molecular formula is C24H22F5N7OS. The average Bonchev–Trinajstić information content (AvgIpc) is 3.33. The highest BCUT2D eigenvalue weighted by Gasteiger charge is 2.39. The van der Waals surface area contributed by atoms with Crippen molar-refractivity contribution in [3.05, 3.63) is 71.5 Å². The molecule has 14 heteroatoms. The fourth-order valence-electron chi connectivity index (χ4n) is 3.91. The van der Waals surface area contributed by atoms with E-state index in [2.05, 4.69) is 30.0 Å². The largest absolute Gasteiger partial charge is 0.403 e. The van der Waals surface area contributed by atoms with E-state index in [0.29, 0.717) is 5.70 Å². The number of hydrogen-bond donors (Lipinski definition) is 4. The van der Waals surface area contributed by atoms with E-state index in [9.17, 15) is 22.4 Å². The van der Waals surface area contributed by atoms with Gasteiger partial charge in [0.15, 0.2) is 5.82 Å². The summed E-state index contributed by atoms with van der Waals surface area (Å²) < 4.78 is 71.5. The topological polar surface area (TPSA) is 121 Å². The number of aliphatic imine (C=N–C) groups is 1. The second-order valence-electron chi connectivity index (χ2n) is 8.26. The third kappa shape index (κ3) is 5.64. The van der Waals surface area contributed by atoms with Crippen molar-refractivity contribution < 1.29 is 26.7 Å². The Morgan fingerprint density at radius 1 is 1.24 bits per heavy atom. The molecule has 0 radical (unpaired) electrons. The van der Waals surface area contributed by atoms with Crippen LogP contribution in [0.1, 0.15) is 28.8 Å². The molecule has 2 aromatic heterocycles. The number of halogens is 5. The van der Waals surface area contributed by atoms with Gasteiger partial charge in [-0.25, -0.2) is 18.7 Å². The molecule has 38 heavy (non-hydrogen) atoms. The van der Waals surface area contributed by atoms with E-state index in [4.69, 9.17) is 5.73 Å². The number of carbonyl (C=O) groups is 1. The Labute approximate surface area is 217 Å². The molecule has 1 aliphatic rings. The number of nitrogens with one attached hydrogen (secondary N) is 3. The van der Waals surface area contributed by atoms with Gasteiger partial charge in [0.05, 0.1) is 33.8 Å². The number of aromatic nitrogens is 3. The van der Waals surface area contributed by atoms with Crippen LogP contribution in [0, 0.1) is 17.6 Å². The van der Waals surface area contributed by atoms with Crippen molar-refractivity contribution in [1.29, 1.82) is 0 Å². The van der Waals surface area contributed by atoms with Crippen LogP contribution in [0.5, 0.6) is 0 Å². The molecule has 1 aliphatic carbocycles. The van der Waals surface area contributed by atoms with Gasteiger partial charge in [-0.05, 0) is 36.9 Å². The van der Waals surface area contributed by atoms with Crippen molar-refractivity contribution in [3.63, 3.8) is 0 Å². The Morgan fingerprint density at radius 3 is 2.68 bits per heavy atom. The van der Waals surface area contributed by atoms with Crippen molar-refractivity contribution in [1.82, 2.24) is 15.0 Å². The minimum atomic E-state index is -4.31. The van der Waals surface area contributed by atoms with Gasteiger partial charge >= 0.3 is 6.18 Å². The predicted molar refractivity (Wildman–Crippen MR) is 137 cm³/mol. The lowest BCUT2D eigenvalue weighted by Crippen LogP contribution is -2.25. The van der Waals surface area contributed by atoms with E-state index in [1.54, 1.807) is 0 Å². The summed E-state index contributed by atoms with van der Waals surface area (Å²) in [5.41, 5.74) is 5.08. The second-order valence-corrected chi connectivity index (χ2v) is 9.31. The third-order valence-electron chi connectivity index (χ3n) is 5.80. The Hall–Kier alpha value is -3.94. The van der Waals surface area contributed by atoms with Gasteiger partial charge in [0.1, 0.15) is 23.6 Å². The van der Waals surface area contributed by atoms with Crippen LogP contribution in [-0.2, 0) is 0 Å². The highest BCUT2D eigenvalue weighted by atomic mass is 32.2. The number of anilines is 2. The zero-order valence-corrected chi connectivity index (χ0v) is 20.6. The van der Waals surface area contributed by atoms with Crippen LogP contribution in [0.4, 0.5) is 33.5 Å². The summed E-state index contributed by atoms with van der Waals surface area (Å²) in [7, 11) is 1.53. The molecule has 4 rings (SSSR count). The molecular weight excluding hydrogens is 529 g/mol. The van der Waals surface area contributed by atoms with Crippen LogP contribution in [-0.4, -0.2) is 45.4 Å². The fourth-order valence-corrected chi connectivity index (χ4v) is 4.77. The summed E-state index contributed by atoms with van der Waals surface area (Å²) >= 11 is 0.975. The number of aromatic amines is 1. The number of ketones is 1. The van der Waals surface area contributed by atoms with Crippen molar-refractivity contribution in [3.8, 4) is 0 Å². The monoisotopic (exact) mass is 551 g/mol. The molecule has 2 unspecified atom stereocenters. The maximum atomic E-state index is 15.4. The first-order valence-corrected chi connectivity index (χ1v) is 12.1. The molecule has 8 nitrogen and oxygen atoms in total. The summed E-state index contributed by atoms with van der Waals surface area (Å²) in [4.78, 5) is 28.2. The number of alkyl halides is 3. The summed E-state index contributed by atoms with van der Waals surface area (Å²) in [6.07, 6.45) is 3.43. The first-order chi connectivity index (χ1) is 18.1. The van der Waals surface area contributed by atoms with Gasteiger partial charge in [-0.1, -0.05) is 12.2 Å². The predicted octanol–water partition coefficient (Wildman–Crippen LogP) is 5.34. The molecule has 0 fully saturated rings. The number of benzene rings is 1.